The summed E-state index contributed by atoms with van der Waals surface area (Å²) in [5, 5.41) is 6.18. The van der Waals surface area contributed by atoms with Crippen LogP contribution in [0.2, 0.25) is 0 Å². The minimum atomic E-state index is -0.209. The van der Waals surface area contributed by atoms with Crippen LogP contribution in [0.4, 0.5) is 0 Å². The number of hydrogen-bond donors (Lipinski definition) is 0. The fourth-order valence-electron chi connectivity index (χ4n) is 3.19. The lowest BCUT2D eigenvalue weighted by Gasteiger charge is -2.20. The predicted octanol–water partition coefficient (Wildman–Crippen LogP) is 2.11. The van der Waals surface area contributed by atoms with Gasteiger partial charge in [0.2, 0.25) is 5.91 Å². The number of likely N-dealkylation sites (tertiary alicyclic amines) is 1. The number of thiophene rings is 1. The summed E-state index contributed by atoms with van der Waals surface area (Å²) in [6.07, 6.45) is 6.06. The van der Waals surface area contributed by atoms with Gasteiger partial charge < -0.3 is 4.90 Å². The Labute approximate surface area is 136 Å². The third-order valence-corrected chi connectivity index (χ3v) is 5.32. The summed E-state index contributed by atoms with van der Waals surface area (Å²) in [6, 6.07) is 3.85. The fraction of sp³-hybridized carbons (Fsp3) is 0.438. The van der Waals surface area contributed by atoms with Gasteiger partial charge in [-0.05, 0) is 30.4 Å². The molecule has 23 heavy (non-hydrogen) atoms. The van der Waals surface area contributed by atoms with Crippen LogP contribution in [0.3, 0.4) is 0 Å². The van der Waals surface area contributed by atoms with Gasteiger partial charge in [0.15, 0.2) is 0 Å². The Bertz CT molecular complexity index is 915. The molecule has 4 heterocycles. The second kappa shape index (κ2) is 5.81. The number of amides is 1. The van der Waals surface area contributed by atoms with E-state index in [1.165, 1.54) is 17.5 Å². The normalized spacial score (nSPS) is 16.1. The van der Waals surface area contributed by atoms with Crippen molar-refractivity contribution in [3.8, 4) is 0 Å². The van der Waals surface area contributed by atoms with Crippen molar-refractivity contribution < 1.29 is 4.79 Å². The van der Waals surface area contributed by atoms with E-state index in [2.05, 4.69) is 5.10 Å². The van der Waals surface area contributed by atoms with Gasteiger partial charge in [-0.3, -0.25) is 14.0 Å². The van der Waals surface area contributed by atoms with E-state index in [4.69, 9.17) is 0 Å². The molecule has 3 aromatic heterocycles. The van der Waals surface area contributed by atoms with E-state index in [9.17, 15) is 9.59 Å². The topological polar surface area (TPSA) is 59.6 Å². The maximum atomic E-state index is 12.6. The van der Waals surface area contributed by atoms with Crippen molar-refractivity contribution in [2.75, 3.05) is 13.1 Å². The number of hydrogen-bond acceptors (Lipinski definition) is 4. The molecule has 120 valence electrons. The predicted molar refractivity (Wildman–Crippen MR) is 89.9 cm³/mol. The molecule has 6 nitrogen and oxygen atoms in total. The van der Waals surface area contributed by atoms with Gasteiger partial charge in [-0.25, -0.2) is 4.68 Å². The molecule has 1 fully saturated rings. The summed E-state index contributed by atoms with van der Waals surface area (Å²) < 4.78 is 4.13. The Morgan fingerprint density at radius 2 is 1.96 bits per heavy atom. The summed E-state index contributed by atoms with van der Waals surface area (Å²) in [5.74, 6) is -0.0146. The van der Waals surface area contributed by atoms with Crippen LogP contribution < -0.4 is 5.56 Å². The Hall–Kier alpha value is -2.15. The molecule has 0 unspecified atom stereocenters. The highest BCUT2D eigenvalue weighted by atomic mass is 32.1. The van der Waals surface area contributed by atoms with Crippen LogP contribution in [0.25, 0.3) is 15.7 Å². The molecule has 0 atom stereocenters. The lowest BCUT2D eigenvalue weighted by Crippen LogP contribution is -2.38. The molecular weight excluding hydrogens is 312 g/mol. The molecule has 1 saturated heterocycles. The smallest absolute Gasteiger partial charge is 0.291 e. The first-order valence-electron chi connectivity index (χ1n) is 7.96. The number of aromatic nitrogens is 3. The average Bonchev–Trinajstić information content (AvgIpc) is 3.01. The van der Waals surface area contributed by atoms with Crippen LogP contribution in [0.5, 0.6) is 0 Å². The first-order chi connectivity index (χ1) is 11.2. The SMILES string of the molecule is O=C(Cn1ncn2c(cc3sccc32)c1=O)N1CCCCCC1. The molecule has 4 rings (SSSR count). The molecule has 0 aromatic carbocycles. The Morgan fingerprint density at radius 1 is 1.17 bits per heavy atom. The molecule has 1 aliphatic rings. The van der Waals surface area contributed by atoms with Gasteiger partial charge in [0.25, 0.3) is 5.56 Å². The van der Waals surface area contributed by atoms with E-state index in [1.807, 2.05) is 22.4 Å². The van der Waals surface area contributed by atoms with Crippen LogP contribution in [0, 0.1) is 0 Å². The van der Waals surface area contributed by atoms with E-state index < -0.39 is 0 Å². The van der Waals surface area contributed by atoms with Crippen molar-refractivity contribution in [3.05, 3.63) is 34.2 Å². The zero-order chi connectivity index (χ0) is 15.8. The van der Waals surface area contributed by atoms with Crippen molar-refractivity contribution in [3.63, 3.8) is 0 Å². The number of carbonyl (C=O) groups excluding carboxylic acids is 1. The number of nitrogens with zero attached hydrogens (tertiary/aromatic N) is 4. The van der Waals surface area contributed by atoms with Crippen molar-refractivity contribution in [1.29, 1.82) is 0 Å². The highest BCUT2D eigenvalue weighted by Gasteiger charge is 2.18. The van der Waals surface area contributed by atoms with Gasteiger partial charge in [-0.15, -0.1) is 11.3 Å². The summed E-state index contributed by atoms with van der Waals surface area (Å²) in [6.45, 7) is 1.60. The van der Waals surface area contributed by atoms with Gasteiger partial charge in [-0.2, -0.15) is 5.10 Å². The van der Waals surface area contributed by atoms with Crippen molar-refractivity contribution in [1.82, 2.24) is 19.1 Å². The average molecular weight is 330 g/mol. The first kappa shape index (κ1) is 14.4. The monoisotopic (exact) mass is 330 g/mol. The molecule has 1 aliphatic heterocycles. The van der Waals surface area contributed by atoms with Gasteiger partial charge in [0.05, 0.1) is 10.2 Å². The minimum absolute atomic E-state index is 0.0146. The zero-order valence-electron chi connectivity index (χ0n) is 12.8. The molecule has 0 N–H and O–H groups in total. The van der Waals surface area contributed by atoms with E-state index in [0.717, 1.165) is 36.1 Å². The highest BCUT2D eigenvalue weighted by Crippen LogP contribution is 2.23. The molecule has 0 saturated carbocycles. The Balaban J connectivity index is 1.64. The second-order valence-electron chi connectivity index (χ2n) is 5.96. The number of carbonyl (C=O) groups is 1. The zero-order valence-corrected chi connectivity index (χ0v) is 13.6. The van der Waals surface area contributed by atoms with Crippen LogP contribution in [0.15, 0.2) is 28.6 Å². The van der Waals surface area contributed by atoms with Crippen molar-refractivity contribution >= 4 is 33.0 Å². The van der Waals surface area contributed by atoms with Crippen molar-refractivity contribution in [2.24, 2.45) is 0 Å². The van der Waals surface area contributed by atoms with Crippen LogP contribution in [0.1, 0.15) is 25.7 Å². The van der Waals surface area contributed by atoms with E-state index in [-0.39, 0.29) is 18.0 Å². The maximum Gasteiger partial charge on any atom is 0.291 e. The second-order valence-corrected chi connectivity index (χ2v) is 6.91. The quantitative estimate of drug-likeness (QED) is 0.723. The van der Waals surface area contributed by atoms with Gasteiger partial charge >= 0.3 is 0 Å². The molecule has 3 aromatic rings. The summed E-state index contributed by atoms with van der Waals surface area (Å²) in [4.78, 5) is 26.9. The van der Waals surface area contributed by atoms with Crippen LogP contribution in [-0.2, 0) is 11.3 Å². The molecule has 1 amide bonds. The highest BCUT2D eigenvalue weighted by molar-refractivity contribution is 7.17. The lowest BCUT2D eigenvalue weighted by atomic mass is 10.2. The van der Waals surface area contributed by atoms with Gasteiger partial charge in [-0.1, -0.05) is 12.8 Å². The third-order valence-electron chi connectivity index (χ3n) is 4.46. The molecule has 0 radical (unpaired) electrons. The van der Waals surface area contributed by atoms with Gasteiger partial charge in [0, 0.05) is 13.1 Å². The first-order valence-corrected chi connectivity index (χ1v) is 8.84. The number of fused-ring (bicyclic) bond motifs is 3. The lowest BCUT2D eigenvalue weighted by molar-refractivity contribution is -0.132. The standard InChI is InChI=1S/C16H18N4O2S/c21-15(18-6-3-1-2-4-7-18)10-20-16(22)13-9-14-12(5-8-23-14)19(13)11-17-20/h5,8-9,11H,1-4,6-7,10H2. The van der Waals surface area contributed by atoms with E-state index >= 15 is 0 Å². The molecule has 7 heteroatoms. The summed E-state index contributed by atoms with van der Waals surface area (Å²) >= 11 is 1.59. The molecule has 0 spiro atoms. The maximum absolute atomic E-state index is 12.6. The molecular formula is C16H18N4O2S. The Kier molecular flexibility index (Phi) is 3.65. The van der Waals surface area contributed by atoms with E-state index in [0.29, 0.717) is 5.52 Å². The summed E-state index contributed by atoms with van der Waals surface area (Å²) in [5.41, 5.74) is 1.35. The van der Waals surface area contributed by atoms with Crippen molar-refractivity contribution in [2.45, 2.75) is 32.2 Å². The van der Waals surface area contributed by atoms with Crippen LogP contribution in [-0.4, -0.2) is 38.1 Å². The molecule has 0 bridgehead atoms. The van der Waals surface area contributed by atoms with E-state index in [1.54, 1.807) is 22.1 Å². The molecule has 0 aliphatic carbocycles. The van der Waals surface area contributed by atoms with Crippen LogP contribution >= 0.6 is 11.3 Å². The number of rotatable bonds is 2. The third kappa shape index (κ3) is 2.55. The summed E-state index contributed by atoms with van der Waals surface area (Å²) in [7, 11) is 0. The van der Waals surface area contributed by atoms with Gasteiger partial charge in [0.1, 0.15) is 18.4 Å². The Morgan fingerprint density at radius 3 is 2.74 bits per heavy atom. The largest absolute Gasteiger partial charge is 0.341 e. The minimum Gasteiger partial charge on any atom is -0.341 e. The fourth-order valence-corrected chi connectivity index (χ4v) is 4.00.